The van der Waals surface area contributed by atoms with Crippen molar-refractivity contribution in [1.29, 1.82) is 0 Å². The summed E-state index contributed by atoms with van der Waals surface area (Å²) in [5.41, 5.74) is 1.47. The van der Waals surface area contributed by atoms with Crippen molar-refractivity contribution in [2.45, 2.75) is 44.6 Å². The van der Waals surface area contributed by atoms with Gasteiger partial charge in [0, 0.05) is 6.04 Å². The van der Waals surface area contributed by atoms with Gasteiger partial charge in [0.25, 0.3) is 0 Å². The molecule has 0 unspecified atom stereocenters. The van der Waals surface area contributed by atoms with Gasteiger partial charge < -0.3 is 5.32 Å². The standard InChI is InChI=1S/C22H27N/c1-2-4-19-10-15(5-6-18(19)3-1)7-8-23-22-20-11-16-9-17(13-20)14-21(22)12-16/h1-6,10,16-17,20-23H,7-9,11-14H2. The minimum atomic E-state index is 0.822. The maximum absolute atomic E-state index is 3.96. The Labute approximate surface area is 139 Å². The Morgan fingerprint density at radius 1 is 0.783 bits per heavy atom. The fourth-order valence-electron chi connectivity index (χ4n) is 6.04. The minimum absolute atomic E-state index is 0.822. The molecule has 4 aliphatic carbocycles. The van der Waals surface area contributed by atoms with Crippen molar-refractivity contribution < 1.29 is 0 Å². The highest BCUT2D eigenvalue weighted by Crippen LogP contribution is 2.53. The van der Waals surface area contributed by atoms with E-state index in [2.05, 4.69) is 47.8 Å². The lowest BCUT2D eigenvalue weighted by atomic mass is 9.54. The summed E-state index contributed by atoms with van der Waals surface area (Å²) in [4.78, 5) is 0. The molecule has 1 heteroatoms. The van der Waals surface area contributed by atoms with Crippen LogP contribution in [0.25, 0.3) is 10.8 Å². The molecule has 0 radical (unpaired) electrons. The van der Waals surface area contributed by atoms with E-state index in [4.69, 9.17) is 0 Å². The smallest absolute Gasteiger partial charge is 0.0124 e. The van der Waals surface area contributed by atoms with Crippen molar-refractivity contribution in [2.24, 2.45) is 23.7 Å². The Bertz CT molecular complexity index is 676. The highest BCUT2D eigenvalue weighted by Gasteiger charge is 2.47. The van der Waals surface area contributed by atoms with Crippen LogP contribution in [-0.2, 0) is 6.42 Å². The molecule has 1 nitrogen and oxygen atoms in total. The molecule has 6 rings (SSSR count). The Morgan fingerprint density at radius 2 is 1.48 bits per heavy atom. The largest absolute Gasteiger partial charge is 0.313 e. The molecule has 4 aliphatic rings. The lowest BCUT2D eigenvalue weighted by Crippen LogP contribution is -2.54. The highest BCUT2D eigenvalue weighted by molar-refractivity contribution is 5.82. The molecule has 0 spiro atoms. The fraction of sp³-hybridized carbons (Fsp3) is 0.545. The van der Waals surface area contributed by atoms with Gasteiger partial charge >= 0.3 is 0 Å². The van der Waals surface area contributed by atoms with Gasteiger partial charge in [-0.25, -0.2) is 0 Å². The molecule has 0 heterocycles. The maximum atomic E-state index is 3.96. The van der Waals surface area contributed by atoms with Crippen molar-refractivity contribution in [3.8, 4) is 0 Å². The molecule has 4 bridgehead atoms. The van der Waals surface area contributed by atoms with E-state index in [1.807, 2.05) is 0 Å². The van der Waals surface area contributed by atoms with Crippen LogP contribution in [0, 0.1) is 23.7 Å². The predicted molar refractivity (Wildman–Crippen MR) is 96.5 cm³/mol. The fourth-order valence-corrected chi connectivity index (χ4v) is 6.04. The van der Waals surface area contributed by atoms with Crippen LogP contribution in [0.15, 0.2) is 42.5 Å². The Hall–Kier alpha value is -1.34. The van der Waals surface area contributed by atoms with Crippen molar-refractivity contribution in [3.63, 3.8) is 0 Å². The molecular formula is C22H27N. The zero-order valence-corrected chi connectivity index (χ0v) is 13.9. The van der Waals surface area contributed by atoms with E-state index in [9.17, 15) is 0 Å². The van der Waals surface area contributed by atoms with Gasteiger partial charge in [-0.15, -0.1) is 0 Å². The van der Waals surface area contributed by atoms with E-state index in [-0.39, 0.29) is 0 Å². The minimum Gasteiger partial charge on any atom is -0.313 e. The molecule has 2 aromatic carbocycles. The molecule has 0 aliphatic heterocycles. The molecule has 0 saturated heterocycles. The highest BCUT2D eigenvalue weighted by atomic mass is 14.9. The van der Waals surface area contributed by atoms with Gasteiger partial charge in [0.05, 0.1) is 0 Å². The van der Waals surface area contributed by atoms with Crippen LogP contribution in [0.1, 0.15) is 37.7 Å². The first-order valence-electron chi connectivity index (χ1n) is 9.56. The van der Waals surface area contributed by atoms with Crippen LogP contribution in [0.4, 0.5) is 0 Å². The van der Waals surface area contributed by atoms with Crippen LogP contribution in [0.3, 0.4) is 0 Å². The van der Waals surface area contributed by atoms with Crippen LogP contribution in [0.5, 0.6) is 0 Å². The number of hydrogen-bond acceptors (Lipinski definition) is 1. The van der Waals surface area contributed by atoms with Crippen LogP contribution in [-0.4, -0.2) is 12.6 Å². The summed E-state index contributed by atoms with van der Waals surface area (Å²) < 4.78 is 0. The molecule has 0 atom stereocenters. The number of nitrogens with one attached hydrogen (secondary N) is 1. The van der Waals surface area contributed by atoms with Crippen LogP contribution in [0.2, 0.25) is 0 Å². The van der Waals surface area contributed by atoms with Gasteiger partial charge in [-0.3, -0.25) is 0 Å². The second kappa shape index (κ2) is 5.63. The van der Waals surface area contributed by atoms with Crippen LogP contribution < -0.4 is 5.32 Å². The molecule has 4 fully saturated rings. The van der Waals surface area contributed by atoms with Gasteiger partial charge in [-0.05, 0) is 85.1 Å². The zero-order valence-electron chi connectivity index (χ0n) is 13.9. The third-order valence-corrected chi connectivity index (χ3v) is 6.83. The third-order valence-electron chi connectivity index (χ3n) is 6.83. The second-order valence-electron chi connectivity index (χ2n) is 8.34. The molecule has 120 valence electrons. The normalized spacial score (nSPS) is 35.0. The van der Waals surface area contributed by atoms with Gasteiger partial charge in [0.1, 0.15) is 0 Å². The summed E-state index contributed by atoms with van der Waals surface area (Å²) >= 11 is 0. The lowest BCUT2D eigenvalue weighted by Gasteiger charge is -2.54. The molecule has 0 aromatic heterocycles. The topological polar surface area (TPSA) is 12.0 Å². The molecule has 2 aromatic rings. The Balaban J connectivity index is 1.23. The van der Waals surface area contributed by atoms with E-state index in [1.54, 1.807) is 6.42 Å². The summed E-state index contributed by atoms with van der Waals surface area (Å²) in [5, 5.41) is 6.69. The summed E-state index contributed by atoms with van der Waals surface area (Å²) in [7, 11) is 0. The number of fused-ring (bicyclic) bond motifs is 1. The molecule has 0 amide bonds. The summed E-state index contributed by atoms with van der Waals surface area (Å²) in [6.45, 7) is 1.14. The zero-order chi connectivity index (χ0) is 15.2. The van der Waals surface area contributed by atoms with Crippen molar-refractivity contribution >= 4 is 10.8 Å². The summed E-state index contributed by atoms with van der Waals surface area (Å²) in [5.74, 6) is 4.14. The van der Waals surface area contributed by atoms with E-state index in [0.29, 0.717) is 0 Å². The van der Waals surface area contributed by atoms with E-state index in [1.165, 1.54) is 42.0 Å². The number of rotatable bonds is 4. The van der Waals surface area contributed by atoms with E-state index in [0.717, 1.165) is 42.7 Å². The second-order valence-corrected chi connectivity index (χ2v) is 8.34. The molecular weight excluding hydrogens is 278 g/mol. The van der Waals surface area contributed by atoms with Gasteiger partial charge in [-0.2, -0.15) is 0 Å². The molecule has 23 heavy (non-hydrogen) atoms. The predicted octanol–water partition coefficient (Wildman–Crippen LogP) is 4.80. The van der Waals surface area contributed by atoms with Crippen molar-refractivity contribution in [3.05, 3.63) is 48.0 Å². The maximum Gasteiger partial charge on any atom is 0.0124 e. The van der Waals surface area contributed by atoms with Crippen LogP contribution >= 0.6 is 0 Å². The van der Waals surface area contributed by atoms with Crippen molar-refractivity contribution in [2.75, 3.05) is 6.54 Å². The van der Waals surface area contributed by atoms with Crippen molar-refractivity contribution in [1.82, 2.24) is 5.32 Å². The summed E-state index contributed by atoms with van der Waals surface area (Å²) in [6.07, 6.45) is 8.77. The lowest BCUT2D eigenvalue weighted by molar-refractivity contribution is -0.0133. The Morgan fingerprint density at radius 3 is 2.22 bits per heavy atom. The Kier molecular flexibility index (Phi) is 3.44. The van der Waals surface area contributed by atoms with E-state index >= 15 is 0 Å². The third kappa shape index (κ3) is 2.59. The average molecular weight is 305 g/mol. The van der Waals surface area contributed by atoms with Gasteiger partial charge in [0.15, 0.2) is 0 Å². The SMILES string of the molecule is c1ccc2cc(CCNC3C4CC5CC(C4)CC3C5)ccc2c1. The number of hydrogen-bond donors (Lipinski definition) is 1. The number of benzene rings is 2. The molecule has 4 saturated carbocycles. The first-order valence-corrected chi connectivity index (χ1v) is 9.56. The summed E-state index contributed by atoms with van der Waals surface area (Å²) in [6, 6.07) is 16.5. The van der Waals surface area contributed by atoms with Gasteiger partial charge in [0.2, 0.25) is 0 Å². The first-order chi connectivity index (χ1) is 11.3. The van der Waals surface area contributed by atoms with Gasteiger partial charge in [-0.1, -0.05) is 42.5 Å². The first kappa shape index (κ1) is 14.0. The van der Waals surface area contributed by atoms with E-state index < -0.39 is 0 Å². The quantitative estimate of drug-likeness (QED) is 0.856. The molecule has 1 N–H and O–H groups in total. The monoisotopic (exact) mass is 305 g/mol. The average Bonchev–Trinajstić information content (AvgIpc) is 2.56.